The molecule has 3 heteroatoms. The van der Waals surface area contributed by atoms with Crippen molar-refractivity contribution in [3.63, 3.8) is 0 Å². The first-order valence-corrected chi connectivity index (χ1v) is 6.16. The molecule has 14 heavy (non-hydrogen) atoms. The Balaban J connectivity index is 1.62. The van der Waals surface area contributed by atoms with E-state index < -0.39 is 0 Å². The summed E-state index contributed by atoms with van der Waals surface area (Å²) in [4.78, 5) is 1.50. The fraction of sp³-hybridized carbons (Fsp3) is 0.636. The monoisotopic (exact) mass is 211 g/mol. The van der Waals surface area contributed by atoms with Gasteiger partial charge >= 0.3 is 0 Å². The first-order valence-electron chi connectivity index (χ1n) is 5.28. The molecule has 1 atom stereocenters. The summed E-state index contributed by atoms with van der Waals surface area (Å²) < 4.78 is 5.41. The summed E-state index contributed by atoms with van der Waals surface area (Å²) in [5.41, 5.74) is 0. The van der Waals surface area contributed by atoms with Crippen molar-refractivity contribution < 1.29 is 4.74 Å². The van der Waals surface area contributed by atoms with Crippen molar-refractivity contribution in [2.45, 2.75) is 25.3 Å². The Morgan fingerprint density at radius 3 is 3.29 bits per heavy atom. The zero-order valence-corrected chi connectivity index (χ0v) is 9.19. The van der Waals surface area contributed by atoms with Crippen LogP contribution in [0.1, 0.15) is 17.7 Å². The fourth-order valence-corrected chi connectivity index (χ4v) is 2.53. The Bertz CT molecular complexity index is 242. The summed E-state index contributed by atoms with van der Waals surface area (Å²) in [5, 5.41) is 5.63. The van der Waals surface area contributed by atoms with Gasteiger partial charge in [-0.15, -0.1) is 11.3 Å². The molecule has 0 bridgehead atoms. The molecule has 0 radical (unpaired) electrons. The number of hydrogen-bond acceptors (Lipinski definition) is 3. The number of hydrogen-bond donors (Lipinski definition) is 1. The van der Waals surface area contributed by atoms with Crippen molar-refractivity contribution in [3.05, 3.63) is 22.4 Å². The molecule has 1 N–H and O–H groups in total. The van der Waals surface area contributed by atoms with Crippen LogP contribution in [-0.4, -0.2) is 25.8 Å². The largest absolute Gasteiger partial charge is 0.379 e. The lowest BCUT2D eigenvalue weighted by Crippen LogP contribution is -2.41. The molecule has 1 aliphatic rings. The molecule has 1 unspecified atom stereocenters. The Kier molecular flexibility index (Phi) is 3.98. The van der Waals surface area contributed by atoms with Gasteiger partial charge in [0, 0.05) is 17.5 Å². The Labute approximate surface area is 89.3 Å². The van der Waals surface area contributed by atoms with E-state index >= 15 is 0 Å². The van der Waals surface area contributed by atoms with E-state index in [1.54, 1.807) is 0 Å². The Morgan fingerprint density at radius 1 is 1.57 bits per heavy atom. The molecule has 1 saturated heterocycles. The van der Waals surface area contributed by atoms with E-state index in [9.17, 15) is 0 Å². The average Bonchev–Trinajstić information content (AvgIpc) is 2.72. The highest BCUT2D eigenvalue weighted by atomic mass is 32.1. The summed E-state index contributed by atoms with van der Waals surface area (Å²) >= 11 is 1.86. The molecule has 0 amide bonds. The highest BCUT2D eigenvalue weighted by Crippen LogP contribution is 2.13. The third-order valence-corrected chi connectivity index (χ3v) is 3.49. The Hall–Kier alpha value is -0.380. The molecule has 78 valence electrons. The molecule has 2 rings (SSSR count). The van der Waals surface area contributed by atoms with E-state index in [-0.39, 0.29) is 0 Å². The van der Waals surface area contributed by atoms with Gasteiger partial charge in [-0.2, -0.15) is 0 Å². The van der Waals surface area contributed by atoms with Crippen LogP contribution in [0, 0.1) is 0 Å². The number of thiophene rings is 1. The second-order valence-corrected chi connectivity index (χ2v) is 4.73. The number of morpholine rings is 1. The summed E-state index contributed by atoms with van der Waals surface area (Å²) in [6.45, 7) is 2.79. The lowest BCUT2D eigenvalue weighted by molar-refractivity contribution is 0.0736. The predicted molar refractivity (Wildman–Crippen MR) is 59.9 cm³/mol. The van der Waals surface area contributed by atoms with E-state index in [4.69, 9.17) is 4.74 Å². The van der Waals surface area contributed by atoms with E-state index in [1.165, 1.54) is 24.1 Å². The van der Waals surface area contributed by atoms with Gasteiger partial charge in [0.1, 0.15) is 0 Å². The molecule has 0 aliphatic carbocycles. The minimum absolute atomic E-state index is 0.587. The molecule has 1 aromatic heterocycles. The van der Waals surface area contributed by atoms with Crippen LogP contribution < -0.4 is 5.32 Å². The molecular formula is C11H17NOS. The van der Waals surface area contributed by atoms with Crippen LogP contribution in [0.4, 0.5) is 0 Å². The average molecular weight is 211 g/mol. The summed E-state index contributed by atoms with van der Waals surface area (Å²) in [5.74, 6) is 0. The van der Waals surface area contributed by atoms with Crippen LogP contribution in [0.15, 0.2) is 17.5 Å². The lowest BCUT2D eigenvalue weighted by atomic mass is 10.1. The van der Waals surface area contributed by atoms with Crippen LogP contribution in [0.2, 0.25) is 0 Å². The van der Waals surface area contributed by atoms with Gasteiger partial charge in [0.15, 0.2) is 0 Å². The van der Waals surface area contributed by atoms with E-state index in [0.717, 1.165) is 19.8 Å². The summed E-state index contributed by atoms with van der Waals surface area (Å²) in [6, 6.07) is 4.93. The first kappa shape index (κ1) is 10.1. The van der Waals surface area contributed by atoms with Gasteiger partial charge in [-0.05, 0) is 30.7 Å². The van der Waals surface area contributed by atoms with Crippen LogP contribution in [0.5, 0.6) is 0 Å². The molecule has 1 aliphatic heterocycles. The third kappa shape index (κ3) is 3.08. The van der Waals surface area contributed by atoms with Gasteiger partial charge in [0.2, 0.25) is 0 Å². The van der Waals surface area contributed by atoms with Crippen LogP contribution in [0.3, 0.4) is 0 Å². The number of aryl methyl sites for hydroxylation is 1. The molecule has 0 aromatic carbocycles. The maximum atomic E-state index is 5.41. The van der Waals surface area contributed by atoms with Crippen LogP contribution in [-0.2, 0) is 11.2 Å². The van der Waals surface area contributed by atoms with Crippen LogP contribution in [0.25, 0.3) is 0 Å². The predicted octanol–water partition coefficient (Wildman–Crippen LogP) is 2.06. The van der Waals surface area contributed by atoms with Crippen molar-refractivity contribution in [2.75, 3.05) is 19.8 Å². The molecule has 2 nitrogen and oxygen atoms in total. The minimum atomic E-state index is 0.587. The molecule has 0 saturated carbocycles. The normalized spacial score (nSPS) is 22.4. The van der Waals surface area contributed by atoms with Crippen molar-refractivity contribution >= 4 is 11.3 Å². The van der Waals surface area contributed by atoms with Crippen molar-refractivity contribution in [2.24, 2.45) is 0 Å². The number of rotatable bonds is 4. The molecule has 2 heterocycles. The zero-order chi connectivity index (χ0) is 9.64. The maximum absolute atomic E-state index is 5.41. The maximum Gasteiger partial charge on any atom is 0.0620 e. The second-order valence-electron chi connectivity index (χ2n) is 3.70. The molecule has 0 spiro atoms. The SMILES string of the molecule is c1csc(CCCC2COCCN2)c1. The molecule has 1 aromatic rings. The van der Waals surface area contributed by atoms with Gasteiger partial charge in [0.25, 0.3) is 0 Å². The number of nitrogens with one attached hydrogen (secondary N) is 1. The number of ether oxygens (including phenoxy) is 1. The zero-order valence-electron chi connectivity index (χ0n) is 8.37. The second kappa shape index (κ2) is 5.49. The van der Waals surface area contributed by atoms with Crippen molar-refractivity contribution in [3.8, 4) is 0 Å². The van der Waals surface area contributed by atoms with Gasteiger partial charge < -0.3 is 10.1 Å². The highest BCUT2D eigenvalue weighted by molar-refractivity contribution is 7.09. The highest BCUT2D eigenvalue weighted by Gasteiger charge is 2.11. The quantitative estimate of drug-likeness (QED) is 0.823. The first-order chi connectivity index (χ1) is 6.95. The smallest absolute Gasteiger partial charge is 0.0620 e. The van der Waals surface area contributed by atoms with Gasteiger partial charge in [-0.3, -0.25) is 0 Å². The van der Waals surface area contributed by atoms with E-state index in [2.05, 4.69) is 22.8 Å². The van der Waals surface area contributed by atoms with E-state index in [0.29, 0.717) is 6.04 Å². The Morgan fingerprint density at radius 2 is 2.57 bits per heavy atom. The van der Waals surface area contributed by atoms with Crippen LogP contribution >= 0.6 is 11.3 Å². The lowest BCUT2D eigenvalue weighted by Gasteiger charge is -2.23. The summed E-state index contributed by atoms with van der Waals surface area (Å²) in [7, 11) is 0. The fourth-order valence-electron chi connectivity index (χ4n) is 1.78. The molecule has 1 fully saturated rings. The van der Waals surface area contributed by atoms with Crippen molar-refractivity contribution in [1.29, 1.82) is 0 Å². The summed E-state index contributed by atoms with van der Waals surface area (Å²) in [6.07, 6.45) is 3.72. The standard InChI is InChI=1S/C11H17NOS/c1(4-11-5-2-8-14-11)3-10-9-13-7-6-12-10/h2,5,8,10,12H,1,3-4,6-7,9H2. The topological polar surface area (TPSA) is 21.3 Å². The van der Waals surface area contributed by atoms with Gasteiger partial charge in [-0.1, -0.05) is 6.07 Å². The van der Waals surface area contributed by atoms with Gasteiger partial charge in [-0.25, -0.2) is 0 Å². The molecular weight excluding hydrogens is 194 g/mol. The van der Waals surface area contributed by atoms with Crippen molar-refractivity contribution in [1.82, 2.24) is 5.32 Å². The third-order valence-electron chi connectivity index (χ3n) is 2.55. The van der Waals surface area contributed by atoms with E-state index in [1.807, 2.05) is 11.3 Å². The van der Waals surface area contributed by atoms with Gasteiger partial charge in [0.05, 0.1) is 13.2 Å². The minimum Gasteiger partial charge on any atom is -0.379 e.